The number of hydrogen-bond donors (Lipinski definition) is 1. The molecule has 1 heterocycles. The lowest BCUT2D eigenvalue weighted by atomic mass is 10.3. The number of hydrogen-bond acceptors (Lipinski definition) is 5. The van der Waals surface area contributed by atoms with E-state index < -0.39 is 5.82 Å². The van der Waals surface area contributed by atoms with E-state index in [2.05, 4.69) is 15.5 Å². The number of ether oxygens (including phenoxy) is 1. The number of nitrogens with one attached hydrogen (secondary N) is 1. The third kappa shape index (κ3) is 5.76. The van der Waals surface area contributed by atoms with Gasteiger partial charge in [0, 0.05) is 12.1 Å². The van der Waals surface area contributed by atoms with Gasteiger partial charge < -0.3 is 14.6 Å². The number of carbonyl (C=O) groups excluding carboxylic acids is 1. The van der Waals surface area contributed by atoms with Gasteiger partial charge in [0.2, 0.25) is 5.91 Å². The number of halogens is 4. The predicted molar refractivity (Wildman–Crippen MR) is 113 cm³/mol. The molecule has 0 radical (unpaired) electrons. The fraction of sp³-hybridized carbons (Fsp3) is 0.167. The highest BCUT2D eigenvalue weighted by molar-refractivity contribution is 7.99. The molecular formula is C18H14Cl3FN4O2S. The number of nitrogens with zero attached hydrogens (tertiary/aromatic N) is 3. The van der Waals surface area contributed by atoms with Gasteiger partial charge in [0.25, 0.3) is 0 Å². The van der Waals surface area contributed by atoms with Gasteiger partial charge in [0.15, 0.2) is 11.0 Å². The SMILES string of the molecule is Cn1c(COc2ccc(F)cc2Cl)nnc1SCC(=O)Nc1cc(Cl)ccc1Cl. The van der Waals surface area contributed by atoms with Gasteiger partial charge in [-0.15, -0.1) is 10.2 Å². The van der Waals surface area contributed by atoms with Gasteiger partial charge in [-0.3, -0.25) is 4.79 Å². The molecule has 0 saturated heterocycles. The van der Waals surface area contributed by atoms with Gasteiger partial charge in [0.05, 0.1) is 21.5 Å². The molecule has 0 fully saturated rings. The Morgan fingerprint density at radius 3 is 2.72 bits per heavy atom. The normalized spacial score (nSPS) is 10.8. The lowest BCUT2D eigenvalue weighted by Gasteiger charge is -2.09. The van der Waals surface area contributed by atoms with Crippen LogP contribution in [-0.2, 0) is 18.4 Å². The van der Waals surface area contributed by atoms with Gasteiger partial charge in [-0.2, -0.15) is 0 Å². The summed E-state index contributed by atoms with van der Waals surface area (Å²) in [7, 11) is 1.75. The van der Waals surface area contributed by atoms with E-state index in [1.165, 1.54) is 30.0 Å². The van der Waals surface area contributed by atoms with Crippen LogP contribution < -0.4 is 10.1 Å². The summed E-state index contributed by atoms with van der Waals surface area (Å²) in [5, 5.41) is 12.4. The van der Waals surface area contributed by atoms with E-state index >= 15 is 0 Å². The number of anilines is 1. The summed E-state index contributed by atoms with van der Waals surface area (Å²) in [5.74, 6) is 0.240. The van der Waals surface area contributed by atoms with Crippen molar-refractivity contribution in [2.45, 2.75) is 11.8 Å². The van der Waals surface area contributed by atoms with Gasteiger partial charge >= 0.3 is 0 Å². The van der Waals surface area contributed by atoms with Gasteiger partial charge in [0.1, 0.15) is 18.2 Å². The molecular weight excluding hydrogens is 462 g/mol. The number of rotatable bonds is 7. The van der Waals surface area contributed by atoms with Crippen LogP contribution in [0.25, 0.3) is 0 Å². The fourth-order valence-corrected chi connectivity index (χ4v) is 3.53. The second kappa shape index (κ2) is 9.67. The number of benzene rings is 2. The highest BCUT2D eigenvalue weighted by Crippen LogP contribution is 2.27. The Morgan fingerprint density at radius 1 is 1.17 bits per heavy atom. The average molecular weight is 476 g/mol. The molecule has 0 bridgehead atoms. The van der Waals surface area contributed by atoms with E-state index in [4.69, 9.17) is 39.5 Å². The summed E-state index contributed by atoms with van der Waals surface area (Å²) in [4.78, 5) is 12.2. The van der Waals surface area contributed by atoms with E-state index in [0.29, 0.717) is 32.5 Å². The standard InChI is InChI=1S/C18H14Cl3FN4O2S/c1-26-16(8-28-15-5-3-11(22)7-13(15)21)24-25-18(26)29-9-17(27)23-14-6-10(19)2-4-12(14)20/h2-7H,8-9H2,1H3,(H,23,27). The minimum absolute atomic E-state index is 0.0831. The van der Waals surface area contributed by atoms with Crippen LogP contribution in [-0.4, -0.2) is 26.4 Å². The second-order valence-electron chi connectivity index (χ2n) is 5.78. The number of amides is 1. The minimum Gasteiger partial charge on any atom is -0.484 e. The van der Waals surface area contributed by atoms with Crippen LogP contribution in [0.3, 0.4) is 0 Å². The van der Waals surface area contributed by atoms with Gasteiger partial charge in [-0.05, 0) is 36.4 Å². The van der Waals surface area contributed by atoms with Crippen LogP contribution in [0, 0.1) is 5.82 Å². The Hall–Kier alpha value is -2.00. The summed E-state index contributed by atoms with van der Waals surface area (Å²) in [6, 6.07) is 8.68. The Balaban J connectivity index is 1.56. The smallest absolute Gasteiger partial charge is 0.234 e. The Labute approximate surface area is 185 Å². The summed E-state index contributed by atoms with van der Waals surface area (Å²) in [6.07, 6.45) is 0. The molecule has 3 aromatic rings. The van der Waals surface area contributed by atoms with Crippen molar-refractivity contribution >= 4 is 58.2 Å². The maximum atomic E-state index is 13.1. The third-order valence-electron chi connectivity index (χ3n) is 3.71. The van der Waals surface area contributed by atoms with Crippen LogP contribution >= 0.6 is 46.6 Å². The maximum Gasteiger partial charge on any atom is 0.234 e. The monoisotopic (exact) mass is 474 g/mol. The van der Waals surface area contributed by atoms with Crippen molar-refractivity contribution in [3.63, 3.8) is 0 Å². The molecule has 0 saturated carbocycles. The zero-order chi connectivity index (χ0) is 21.0. The highest BCUT2D eigenvalue weighted by atomic mass is 35.5. The van der Waals surface area contributed by atoms with E-state index in [1.54, 1.807) is 29.8 Å². The van der Waals surface area contributed by atoms with Crippen molar-refractivity contribution in [2.24, 2.45) is 7.05 Å². The first-order valence-electron chi connectivity index (χ1n) is 8.17. The molecule has 6 nitrogen and oxygen atoms in total. The molecule has 2 aromatic carbocycles. The summed E-state index contributed by atoms with van der Waals surface area (Å²) in [6.45, 7) is 0.0831. The van der Waals surface area contributed by atoms with Crippen LogP contribution in [0.5, 0.6) is 5.75 Å². The van der Waals surface area contributed by atoms with Crippen LogP contribution in [0.15, 0.2) is 41.6 Å². The minimum atomic E-state index is -0.447. The maximum absolute atomic E-state index is 13.1. The van der Waals surface area contributed by atoms with Crippen LogP contribution in [0.4, 0.5) is 10.1 Å². The topological polar surface area (TPSA) is 69.0 Å². The molecule has 1 aromatic heterocycles. The summed E-state index contributed by atoms with van der Waals surface area (Å²) < 4.78 is 20.4. The molecule has 11 heteroatoms. The largest absolute Gasteiger partial charge is 0.484 e. The molecule has 0 aliphatic carbocycles. The Kier molecular flexibility index (Phi) is 7.23. The molecule has 0 aliphatic heterocycles. The number of aromatic nitrogens is 3. The first-order valence-corrected chi connectivity index (χ1v) is 10.3. The zero-order valence-electron chi connectivity index (χ0n) is 15.0. The fourth-order valence-electron chi connectivity index (χ4n) is 2.24. The van der Waals surface area contributed by atoms with E-state index in [0.717, 1.165) is 0 Å². The molecule has 0 atom stereocenters. The van der Waals surface area contributed by atoms with Crippen molar-refractivity contribution in [3.05, 3.63) is 63.1 Å². The molecule has 152 valence electrons. The Morgan fingerprint density at radius 2 is 1.97 bits per heavy atom. The predicted octanol–water partition coefficient (Wildman–Crippen LogP) is 5.22. The van der Waals surface area contributed by atoms with Crippen molar-refractivity contribution < 1.29 is 13.9 Å². The molecule has 29 heavy (non-hydrogen) atoms. The number of carbonyl (C=O) groups is 1. The zero-order valence-corrected chi connectivity index (χ0v) is 18.0. The first kappa shape index (κ1) is 21.7. The van der Waals surface area contributed by atoms with Crippen molar-refractivity contribution in [3.8, 4) is 5.75 Å². The molecule has 1 amide bonds. The Bertz CT molecular complexity index is 1050. The van der Waals surface area contributed by atoms with Crippen LogP contribution in [0.1, 0.15) is 5.82 Å². The number of thioether (sulfide) groups is 1. The summed E-state index contributed by atoms with van der Waals surface area (Å²) in [5.41, 5.74) is 0.438. The third-order valence-corrected chi connectivity index (χ3v) is 5.59. The van der Waals surface area contributed by atoms with Crippen LogP contribution in [0.2, 0.25) is 15.1 Å². The van der Waals surface area contributed by atoms with Crippen molar-refractivity contribution in [1.82, 2.24) is 14.8 Å². The van der Waals surface area contributed by atoms with E-state index in [9.17, 15) is 9.18 Å². The van der Waals surface area contributed by atoms with Gasteiger partial charge in [-0.1, -0.05) is 46.6 Å². The molecule has 1 N–H and O–H groups in total. The lowest BCUT2D eigenvalue weighted by Crippen LogP contribution is -2.15. The second-order valence-corrected chi connectivity index (χ2v) is 7.98. The molecule has 3 rings (SSSR count). The summed E-state index contributed by atoms with van der Waals surface area (Å²) >= 11 is 19.1. The molecule has 0 spiro atoms. The van der Waals surface area contributed by atoms with E-state index in [1.807, 2.05) is 0 Å². The van der Waals surface area contributed by atoms with Crippen molar-refractivity contribution in [2.75, 3.05) is 11.1 Å². The van der Waals surface area contributed by atoms with Gasteiger partial charge in [-0.25, -0.2) is 4.39 Å². The molecule has 0 aliphatic rings. The highest BCUT2D eigenvalue weighted by Gasteiger charge is 2.14. The molecule has 0 unspecified atom stereocenters. The lowest BCUT2D eigenvalue weighted by molar-refractivity contribution is -0.113. The van der Waals surface area contributed by atoms with Crippen molar-refractivity contribution in [1.29, 1.82) is 0 Å². The van der Waals surface area contributed by atoms with E-state index in [-0.39, 0.29) is 23.3 Å². The quantitative estimate of drug-likeness (QED) is 0.474. The average Bonchev–Trinajstić information content (AvgIpc) is 3.02. The first-order chi connectivity index (χ1) is 13.8.